The van der Waals surface area contributed by atoms with E-state index in [1.807, 2.05) is 0 Å². The first-order chi connectivity index (χ1) is 12.4. The highest BCUT2D eigenvalue weighted by molar-refractivity contribution is 7.91. The number of ether oxygens (including phenoxy) is 2. The fraction of sp³-hybridized carbons (Fsp3) is 0.471. The molecule has 0 aliphatic carbocycles. The summed E-state index contributed by atoms with van der Waals surface area (Å²) in [4.78, 5) is -0.494. The lowest BCUT2D eigenvalue weighted by Crippen LogP contribution is -2.35. The first-order valence-corrected chi connectivity index (χ1v) is 9.63. The topological polar surface area (TPSA) is 102 Å². The molecular formula is C17H20F2N2O4S. The fourth-order valence-electron chi connectivity index (χ4n) is 2.63. The van der Waals surface area contributed by atoms with Crippen LogP contribution in [0, 0.1) is 22.6 Å². The van der Waals surface area contributed by atoms with Gasteiger partial charge in [0.15, 0.2) is 9.84 Å². The normalized spacial score (nSPS) is 17.5. The highest BCUT2D eigenvalue weighted by Crippen LogP contribution is 2.34. The Morgan fingerprint density at radius 3 is 2.65 bits per heavy atom. The maximum absolute atomic E-state index is 14.3. The summed E-state index contributed by atoms with van der Waals surface area (Å²) < 4.78 is 62.4. The van der Waals surface area contributed by atoms with E-state index in [9.17, 15) is 22.5 Å². The summed E-state index contributed by atoms with van der Waals surface area (Å²) in [6, 6.07) is 5.35. The Kier molecular flexibility index (Phi) is 6.69. The molecule has 0 aromatic heterocycles. The van der Waals surface area contributed by atoms with Gasteiger partial charge < -0.3 is 15.2 Å². The average molecular weight is 386 g/mol. The van der Waals surface area contributed by atoms with Crippen molar-refractivity contribution >= 4 is 9.84 Å². The van der Waals surface area contributed by atoms with Crippen molar-refractivity contribution in [2.45, 2.75) is 17.7 Å². The summed E-state index contributed by atoms with van der Waals surface area (Å²) in [6.45, 7) is 0.370. The third kappa shape index (κ3) is 4.78. The zero-order chi connectivity index (χ0) is 19.2. The number of benzene rings is 1. The number of sulfone groups is 1. The van der Waals surface area contributed by atoms with Crippen LogP contribution in [0.1, 0.15) is 12.8 Å². The van der Waals surface area contributed by atoms with Crippen molar-refractivity contribution in [3.63, 3.8) is 0 Å². The van der Waals surface area contributed by atoms with Gasteiger partial charge in [0.1, 0.15) is 23.1 Å². The molecule has 0 unspecified atom stereocenters. The van der Waals surface area contributed by atoms with Gasteiger partial charge in [-0.2, -0.15) is 5.26 Å². The van der Waals surface area contributed by atoms with E-state index < -0.39 is 31.7 Å². The van der Waals surface area contributed by atoms with Crippen LogP contribution in [0.25, 0.3) is 0 Å². The molecule has 2 N–H and O–H groups in total. The summed E-state index contributed by atoms with van der Waals surface area (Å²) in [5.41, 5.74) is 4.39. The molecule has 1 aliphatic rings. The molecule has 6 nitrogen and oxygen atoms in total. The summed E-state index contributed by atoms with van der Waals surface area (Å²) in [5.74, 6) is -1.41. The van der Waals surface area contributed by atoms with Crippen LogP contribution in [0.3, 0.4) is 0 Å². The number of hydrogen-bond acceptors (Lipinski definition) is 6. The number of nitriles is 1. The second-order valence-electron chi connectivity index (χ2n) is 6.12. The van der Waals surface area contributed by atoms with Crippen molar-refractivity contribution < 1.29 is 26.7 Å². The van der Waals surface area contributed by atoms with E-state index in [1.54, 1.807) is 0 Å². The second kappa shape index (κ2) is 8.58. The summed E-state index contributed by atoms with van der Waals surface area (Å²) in [7, 11) is -4.02. The van der Waals surface area contributed by atoms with Gasteiger partial charge in [-0.05, 0) is 25.0 Å². The van der Waals surface area contributed by atoms with Crippen molar-refractivity contribution in [1.29, 1.82) is 5.26 Å². The quantitative estimate of drug-likeness (QED) is 0.770. The average Bonchev–Trinajstić information content (AvgIpc) is 2.62. The molecule has 1 fully saturated rings. The predicted octanol–water partition coefficient (Wildman–Crippen LogP) is 2.11. The molecule has 0 amide bonds. The van der Waals surface area contributed by atoms with Gasteiger partial charge in [-0.15, -0.1) is 0 Å². The molecule has 1 saturated heterocycles. The molecule has 2 rings (SSSR count). The Hall–Kier alpha value is -2.02. The Morgan fingerprint density at radius 2 is 2.12 bits per heavy atom. The van der Waals surface area contributed by atoms with Gasteiger partial charge in [-0.3, -0.25) is 0 Å². The lowest BCUT2D eigenvalue weighted by molar-refractivity contribution is 0.0490. The van der Waals surface area contributed by atoms with Gasteiger partial charge in [0.25, 0.3) is 0 Å². The minimum atomic E-state index is -4.02. The molecule has 0 spiro atoms. The van der Waals surface area contributed by atoms with E-state index in [4.69, 9.17) is 15.2 Å². The largest absolute Gasteiger partial charge is 0.489 e. The molecule has 1 aromatic carbocycles. The predicted molar refractivity (Wildman–Crippen MR) is 90.3 cm³/mol. The van der Waals surface area contributed by atoms with Gasteiger partial charge in [-0.1, -0.05) is 0 Å². The zero-order valence-electron chi connectivity index (χ0n) is 14.1. The molecule has 0 bridgehead atoms. The first-order valence-electron chi connectivity index (χ1n) is 7.98. The van der Waals surface area contributed by atoms with Crippen molar-refractivity contribution in [2.75, 3.05) is 32.1 Å². The van der Waals surface area contributed by atoms with Gasteiger partial charge in [0.2, 0.25) is 0 Å². The van der Waals surface area contributed by atoms with Crippen LogP contribution < -0.4 is 10.5 Å². The third-order valence-electron chi connectivity index (χ3n) is 4.23. The number of halogens is 2. The van der Waals surface area contributed by atoms with Crippen LogP contribution in [0.2, 0.25) is 0 Å². The number of nitrogens with zero attached hydrogens (tertiary/aromatic N) is 1. The first kappa shape index (κ1) is 20.3. The maximum atomic E-state index is 14.3. The van der Waals surface area contributed by atoms with E-state index in [2.05, 4.69) is 6.07 Å². The van der Waals surface area contributed by atoms with Gasteiger partial charge in [-0.25, -0.2) is 17.2 Å². The van der Waals surface area contributed by atoms with Crippen molar-refractivity contribution in [2.24, 2.45) is 11.1 Å². The number of hydrogen-bond donors (Lipinski definition) is 1. The zero-order valence-corrected chi connectivity index (χ0v) is 14.9. The molecule has 1 heterocycles. The van der Waals surface area contributed by atoms with Gasteiger partial charge >= 0.3 is 0 Å². The van der Waals surface area contributed by atoms with Gasteiger partial charge in [0.05, 0.1) is 23.6 Å². The molecule has 0 atom stereocenters. The molecule has 0 saturated carbocycles. The van der Waals surface area contributed by atoms with Gasteiger partial charge in [0, 0.05) is 31.4 Å². The van der Waals surface area contributed by atoms with Crippen LogP contribution in [0.5, 0.6) is 5.75 Å². The Labute approximate surface area is 151 Å². The molecular weight excluding hydrogens is 366 g/mol. The molecule has 1 aliphatic heterocycles. The Balaban J connectivity index is 2.18. The van der Waals surface area contributed by atoms with E-state index in [0.717, 1.165) is 12.1 Å². The lowest BCUT2D eigenvalue weighted by atomic mass is 9.84. The molecule has 142 valence electrons. The molecule has 9 heteroatoms. The standard InChI is InChI=1S/C17H20F2N2O4S/c18-8-13(9-20)10-25-14-1-2-16(15(19)7-14)26(22,23)12-17(11-21)3-5-24-6-4-17/h1-2,7-8H,3-6,9-10,12,20H2/b13-8+. The Bertz CT molecular complexity index is 813. The number of nitrogens with two attached hydrogens (primary N) is 1. The molecule has 26 heavy (non-hydrogen) atoms. The Morgan fingerprint density at radius 1 is 1.42 bits per heavy atom. The maximum Gasteiger partial charge on any atom is 0.182 e. The monoisotopic (exact) mass is 386 g/mol. The number of rotatable bonds is 7. The van der Waals surface area contributed by atoms with E-state index in [1.165, 1.54) is 6.07 Å². The van der Waals surface area contributed by atoms with Crippen LogP contribution in [-0.4, -0.2) is 40.5 Å². The highest BCUT2D eigenvalue weighted by atomic mass is 32.2. The summed E-state index contributed by atoms with van der Waals surface area (Å²) in [6.07, 6.45) is 0.871. The smallest absolute Gasteiger partial charge is 0.182 e. The van der Waals surface area contributed by atoms with Crippen LogP contribution in [0.4, 0.5) is 8.78 Å². The van der Waals surface area contributed by atoms with Crippen LogP contribution >= 0.6 is 0 Å². The summed E-state index contributed by atoms with van der Waals surface area (Å²) in [5, 5.41) is 9.40. The van der Waals surface area contributed by atoms with Crippen LogP contribution in [-0.2, 0) is 14.6 Å². The third-order valence-corrected chi connectivity index (χ3v) is 6.17. The minimum Gasteiger partial charge on any atom is -0.489 e. The van der Waals surface area contributed by atoms with Crippen molar-refractivity contribution in [3.05, 3.63) is 35.9 Å². The van der Waals surface area contributed by atoms with E-state index in [0.29, 0.717) is 19.5 Å². The van der Waals surface area contributed by atoms with Crippen LogP contribution in [0.15, 0.2) is 35.0 Å². The minimum absolute atomic E-state index is 0.0502. The lowest BCUT2D eigenvalue weighted by Gasteiger charge is -2.30. The molecule has 0 radical (unpaired) electrons. The van der Waals surface area contributed by atoms with Crippen molar-refractivity contribution in [1.82, 2.24) is 0 Å². The summed E-state index contributed by atoms with van der Waals surface area (Å²) >= 11 is 0. The highest BCUT2D eigenvalue weighted by Gasteiger charge is 2.39. The second-order valence-corrected chi connectivity index (χ2v) is 8.07. The molecule has 1 aromatic rings. The fourth-order valence-corrected chi connectivity index (χ4v) is 4.49. The van der Waals surface area contributed by atoms with E-state index in [-0.39, 0.29) is 37.3 Å². The van der Waals surface area contributed by atoms with Crippen molar-refractivity contribution in [3.8, 4) is 11.8 Å². The SMILES string of the molecule is N#CC1(CS(=O)(=O)c2ccc(OC/C(=C/F)CN)cc2F)CCOCC1. The van der Waals surface area contributed by atoms with E-state index >= 15 is 0 Å².